The lowest BCUT2D eigenvalue weighted by molar-refractivity contribution is -0.139. The van der Waals surface area contributed by atoms with E-state index in [0.717, 1.165) is 29.7 Å². The average Bonchev–Trinajstić information content (AvgIpc) is 2.88. The zero-order chi connectivity index (χ0) is 27.8. The van der Waals surface area contributed by atoms with Gasteiger partial charge in [-0.25, -0.2) is 9.59 Å². The van der Waals surface area contributed by atoms with Crippen LogP contribution >= 0.6 is 0 Å². The number of carbonyl (C=O) groups excluding carboxylic acids is 2. The van der Waals surface area contributed by atoms with Crippen LogP contribution in [0.25, 0.3) is 0 Å². The highest BCUT2D eigenvalue weighted by Gasteiger charge is 2.18. The van der Waals surface area contributed by atoms with E-state index in [0.29, 0.717) is 55.8 Å². The normalized spacial score (nSPS) is 11.0. The summed E-state index contributed by atoms with van der Waals surface area (Å²) in [5, 5.41) is 18.9. The Morgan fingerprint density at radius 1 is 0.838 bits per heavy atom. The summed E-state index contributed by atoms with van der Waals surface area (Å²) in [4.78, 5) is 23.5. The van der Waals surface area contributed by atoms with Gasteiger partial charge in [-0.05, 0) is 81.4 Å². The van der Waals surface area contributed by atoms with Crippen molar-refractivity contribution in [2.24, 2.45) is 5.92 Å². The molecule has 0 saturated carbocycles. The zero-order valence-corrected chi connectivity index (χ0v) is 23.1. The maximum Gasteiger partial charge on any atom is 0.333 e. The molecule has 1 aromatic carbocycles. The van der Waals surface area contributed by atoms with Crippen molar-refractivity contribution in [3.05, 3.63) is 53.1 Å². The molecule has 7 nitrogen and oxygen atoms in total. The molecule has 0 heterocycles. The van der Waals surface area contributed by atoms with Gasteiger partial charge in [-0.1, -0.05) is 39.1 Å². The lowest BCUT2D eigenvalue weighted by Gasteiger charge is -2.22. The van der Waals surface area contributed by atoms with Crippen molar-refractivity contribution < 1.29 is 34.0 Å². The molecule has 0 spiro atoms. The molecule has 0 saturated heterocycles. The van der Waals surface area contributed by atoms with Gasteiger partial charge in [-0.3, -0.25) is 0 Å². The minimum atomic E-state index is -0.397. The van der Waals surface area contributed by atoms with Crippen molar-refractivity contribution in [1.29, 1.82) is 0 Å². The second kappa shape index (κ2) is 17.8. The second-order valence-electron chi connectivity index (χ2n) is 9.59. The molecular formula is C30H46O7. The van der Waals surface area contributed by atoms with Crippen LogP contribution in [0, 0.1) is 5.92 Å². The van der Waals surface area contributed by atoms with Crippen LogP contribution in [-0.2, 0) is 31.9 Å². The maximum atomic E-state index is 11.8. The molecule has 0 radical (unpaired) electrons. The number of aryl methyl sites for hydroxylation is 2. The summed E-state index contributed by atoms with van der Waals surface area (Å²) in [6.45, 7) is 15.6. The third kappa shape index (κ3) is 11.5. The number of benzene rings is 1. The molecule has 0 amide bonds. The molecule has 0 aliphatic rings. The van der Waals surface area contributed by atoms with Gasteiger partial charge in [0.25, 0.3) is 0 Å². The van der Waals surface area contributed by atoms with E-state index in [9.17, 15) is 19.8 Å². The van der Waals surface area contributed by atoms with E-state index in [1.165, 1.54) is 5.56 Å². The number of hydrogen-bond acceptors (Lipinski definition) is 7. The van der Waals surface area contributed by atoms with E-state index in [4.69, 9.17) is 14.2 Å². The van der Waals surface area contributed by atoms with E-state index in [1.807, 2.05) is 0 Å². The van der Waals surface area contributed by atoms with Crippen molar-refractivity contribution in [1.82, 2.24) is 0 Å². The Bertz CT molecular complexity index is 827. The Balaban J connectivity index is 3.19. The molecule has 0 bridgehead atoms. The summed E-state index contributed by atoms with van der Waals surface area (Å²) in [7, 11) is 0. The van der Waals surface area contributed by atoms with Gasteiger partial charge >= 0.3 is 11.9 Å². The highest BCUT2D eigenvalue weighted by molar-refractivity contribution is 5.87. The molecule has 0 aliphatic heterocycles. The number of aliphatic hydroxyl groups excluding tert-OH is 2. The molecule has 37 heavy (non-hydrogen) atoms. The highest BCUT2D eigenvalue weighted by Crippen LogP contribution is 2.34. The topological polar surface area (TPSA) is 102 Å². The lowest BCUT2D eigenvalue weighted by atomic mass is 9.88. The first-order chi connectivity index (χ1) is 17.7. The SMILES string of the molecule is C=C(C)C(=O)OCCCc1cc(C(CC)CC)cc(CCCOC(=O)C(=C)C)c1OCCC(CO)CO. The van der Waals surface area contributed by atoms with Crippen LogP contribution in [0.2, 0.25) is 0 Å². The molecule has 0 aromatic heterocycles. The summed E-state index contributed by atoms with van der Waals surface area (Å²) in [5.74, 6) is 0.153. The van der Waals surface area contributed by atoms with Crippen LogP contribution in [-0.4, -0.2) is 55.2 Å². The van der Waals surface area contributed by atoms with Crippen molar-refractivity contribution in [2.75, 3.05) is 33.0 Å². The van der Waals surface area contributed by atoms with E-state index in [-0.39, 0.29) is 32.3 Å². The molecule has 1 rings (SSSR count). The van der Waals surface area contributed by atoms with Gasteiger partial charge in [0.2, 0.25) is 0 Å². The van der Waals surface area contributed by atoms with Crippen molar-refractivity contribution >= 4 is 11.9 Å². The standard InChI is InChI=1S/C30H46O7/c1-7-24(8-2)27-17-25(11-9-14-36-29(33)21(3)4)28(35-16-13-23(19-31)20-32)26(18-27)12-10-15-37-30(34)22(5)6/h17-18,23-24,31-32H,3,5,7-16,19-20H2,1-2,4,6H3. The lowest BCUT2D eigenvalue weighted by Crippen LogP contribution is -2.16. The maximum absolute atomic E-state index is 11.8. The first-order valence-electron chi connectivity index (χ1n) is 13.3. The van der Waals surface area contributed by atoms with Gasteiger partial charge in [-0.2, -0.15) is 0 Å². The molecule has 0 unspecified atom stereocenters. The van der Waals surface area contributed by atoms with Crippen molar-refractivity contribution in [3.63, 3.8) is 0 Å². The highest BCUT2D eigenvalue weighted by atomic mass is 16.5. The number of rotatable bonds is 19. The van der Waals surface area contributed by atoms with Crippen LogP contribution in [0.15, 0.2) is 36.4 Å². The number of carbonyl (C=O) groups is 2. The fourth-order valence-corrected chi connectivity index (χ4v) is 4.00. The molecule has 0 fully saturated rings. The van der Waals surface area contributed by atoms with E-state index in [1.54, 1.807) is 13.8 Å². The van der Waals surface area contributed by atoms with Gasteiger partial charge in [0.05, 0.1) is 19.8 Å². The number of esters is 2. The van der Waals surface area contributed by atoms with Crippen LogP contribution in [0.5, 0.6) is 5.75 Å². The van der Waals surface area contributed by atoms with Gasteiger partial charge in [0, 0.05) is 30.3 Å². The van der Waals surface area contributed by atoms with E-state index >= 15 is 0 Å². The second-order valence-corrected chi connectivity index (χ2v) is 9.59. The average molecular weight is 519 g/mol. The third-order valence-corrected chi connectivity index (χ3v) is 6.36. The molecule has 7 heteroatoms. The summed E-state index contributed by atoms with van der Waals surface area (Å²) in [6.07, 6.45) is 5.13. The first-order valence-corrected chi connectivity index (χ1v) is 13.3. The Morgan fingerprint density at radius 3 is 1.68 bits per heavy atom. The van der Waals surface area contributed by atoms with Crippen molar-refractivity contribution in [3.8, 4) is 5.75 Å². The molecule has 208 valence electrons. The molecule has 0 aliphatic carbocycles. The Hall–Kier alpha value is -2.64. The van der Waals surface area contributed by atoms with Gasteiger partial charge in [-0.15, -0.1) is 0 Å². The molecular weight excluding hydrogens is 472 g/mol. The minimum absolute atomic E-state index is 0.102. The summed E-state index contributed by atoms with van der Waals surface area (Å²) < 4.78 is 16.8. The first kappa shape index (κ1) is 32.4. The van der Waals surface area contributed by atoms with Crippen LogP contribution in [0.3, 0.4) is 0 Å². The predicted molar refractivity (Wildman–Crippen MR) is 146 cm³/mol. The van der Waals surface area contributed by atoms with Crippen LogP contribution in [0.4, 0.5) is 0 Å². The Kier molecular flexibility index (Phi) is 15.5. The van der Waals surface area contributed by atoms with Gasteiger partial charge in [0.15, 0.2) is 0 Å². The van der Waals surface area contributed by atoms with Gasteiger partial charge < -0.3 is 24.4 Å². The largest absolute Gasteiger partial charge is 0.493 e. The molecule has 0 atom stereocenters. The summed E-state index contributed by atoms with van der Waals surface area (Å²) >= 11 is 0. The Labute approximate surface area is 222 Å². The van der Waals surface area contributed by atoms with E-state index < -0.39 is 11.9 Å². The number of ether oxygens (including phenoxy) is 3. The van der Waals surface area contributed by atoms with Crippen LogP contribution in [0.1, 0.15) is 82.4 Å². The predicted octanol–water partition coefficient (Wildman–Crippen LogP) is 5.06. The van der Waals surface area contributed by atoms with Crippen LogP contribution < -0.4 is 4.74 Å². The summed E-state index contributed by atoms with van der Waals surface area (Å²) in [5.41, 5.74) is 4.06. The minimum Gasteiger partial charge on any atom is -0.493 e. The monoisotopic (exact) mass is 518 g/mol. The number of hydrogen-bond donors (Lipinski definition) is 2. The van der Waals surface area contributed by atoms with E-state index in [2.05, 4.69) is 39.1 Å². The fraction of sp³-hybridized carbons (Fsp3) is 0.600. The number of aliphatic hydroxyl groups is 2. The van der Waals surface area contributed by atoms with Gasteiger partial charge in [0.1, 0.15) is 5.75 Å². The third-order valence-electron chi connectivity index (χ3n) is 6.36. The summed E-state index contributed by atoms with van der Waals surface area (Å²) in [6, 6.07) is 4.38. The Morgan fingerprint density at radius 2 is 1.30 bits per heavy atom. The fourth-order valence-electron chi connectivity index (χ4n) is 4.00. The zero-order valence-electron chi connectivity index (χ0n) is 23.1. The smallest absolute Gasteiger partial charge is 0.333 e. The molecule has 1 aromatic rings. The quantitative estimate of drug-likeness (QED) is 0.150. The molecule has 2 N–H and O–H groups in total. The van der Waals surface area contributed by atoms with Crippen molar-refractivity contribution in [2.45, 2.75) is 78.6 Å².